The van der Waals surface area contributed by atoms with Crippen molar-refractivity contribution in [3.8, 4) is 0 Å². The molecule has 0 saturated heterocycles. The number of aliphatic hydroxyl groups is 1. The average Bonchev–Trinajstić information content (AvgIpc) is 3.01. The highest BCUT2D eigenvalue weighted by Crippen LogP contribution is 2.21. The maximum atomic E-state index is 9.79. The lowest BCUT2D eigenvalue weighted by molar-refractivity contribution is 0.148. The fraction of sp³-hybridized carbons (Fsp3) is 0.600. The third-order valence-corrected chi connectivity index (χ3v) is 3.85. The Morgan fingerprint density at radius 2 is 2.20 bits per heavy atom. The van der Waals surface area contributed by atoms with Gasteiger partial charge in [-0.25, -0.2) is 4.98 Å². The smallest absolute Gasteiger partial charge is 0.199 e. The number of nitrogens with zero attached hydrogens (tertiary/aromatic N) is 2. The van der Waals surface area contributed by atoms with E-state index < -0.39 is 0 Å². The molecule has 0 unspecified atom stereocenters. The normalized spacial score (nSPS) is 23.0. The van der Waals surface area contributed by atoms with Gasteiger partial charge in [0.05, 0.1) is 11.8 Å². The van der Waals surface area contributed by atoms with Crippen LogP contribution in [0.25, 0.3) is 11.2 Å². The Balaban J connectivity index is 1.72. The first-order valence-corrected chi connectivity index (χ1v) is 7.31. The van der Waals surface area contributed by atoms with Crippen LogP contribution in [0.3, 0.4) is 0 Å². The van der Waals surface area contributed by atoms with Crippen LogP contribution in [0.4, 0.5) is 0 Å². The number of aliphatic hydroxyl groups excluding tert-OH is 1. The fourth-order valence-corrected chi connectivity index (χ4v) is 2.63. The molecular formula is C15H21N3O2. The molecule has 1 fully saturated rings. The predicted molar refractivity (Wildman–Crippen MR) is 76.4 cm³/mol. The molecule has 0 radical (unpaired) electrons. The summed E-state index contributed by atoms with van der Waals surface area (Å²) >= 11 is 0. The Bertz CT molecular complexity index is 594. The highest BCUT2D eigenvalue weighted by atomic mass is 16.3. The molecule has 0 amide bonds. The van der Waals surface area contributed by atoms with Gasteiger partial charge in [-0.2, -0.15) is 4.98 Å². The molecule has 0 bridgehead atoms. The predicted octanol–water partition coefficient (Wildman–Crippen LogP) is 2.35. The summed E-state index contributed by atoms with van der Waals surface area (Å²) in [5.41, 5.74) is 2.33. The monoisotopic (exact) mass is 275 g/mol. The zero-order valence-electron chi connectivity index (χ0n) is 12.0. The van der Waals surface area contributed by atoms with Crippen molar-refractivity contribution in [2.75, 3.05) is 0 Å². The van der Waals surface area contributed by atoms with Crippen molar-refractivity contribution in [1.29, 1.82) is 0 Å². The van der Waals surface area contributed by atoms with E-state index in [1.54, 1.807) is 0 Å². The molecule has 2 N–H and O–H groups in total. The van der Waals surface area contributed by atoms with Crippen molar-refractivity contribution in [3.05, 3.63) is 23.7 Å². The zero-order chi connectivity index (χ0) is 14.1. The number of pyridine rings is 1. The number of oxazole rings is 1. The van der Waals surface area contributed by atoms with Crippen LogP contribution < -0.4 is 5.32 Å². The lowest BCUT2D eigenvalue weighted by atomic mass is 10.2. The summed E-state index contributed by atoms with van der Waals surface area (Å²) in [4.78, 5) is 8.93. The number of hydrogen-bond acceptors (Lipinski definition) is 5. The lowest BCUT2D eigenvalue weighted by Gasteiger charge is -2.15. The lowest BCUT2D eigenvalue weighted by Crippen LogP contribution is -2.35. The molecule has 0 aromatic carbocycles. The molecule has 1 aliphatic carbocycles. The quantitative estimate of drug-likeness (QED) is 0.896. The molecule has 20 heavy (non-hydrogen) atoms. The highest BCUT2D eigenvalue weighted by molar-refractivity contribution is 5.67. The van der Waals surface area contributed by atoms with Crippen molar-refractivity contribution >= 4 is 11.2 Å². The molecular weight excluding hydrogens is 254 g/mol. The van der Waals surface area contributed by atoms with Crippen LogP contribution in [-0.2, 0) is 6.54 Å². The summed E-state index contributed by atoms with van der Waals surface area (Å²) in [5.74, 6) is 0.989. The van der Waals surface area contributed by atoms with Crippen molar-refractivity contribution in [2.24, 2.45) is 0 Å². The molecule has 2 aromatic heterocycles. The maximum absolute atomic E-state index is 9.79. The van der Waals surface area contributed by atoms with Crippen LogP contribution in [0, 0.1) is 0 Å². The van der Waals surface area contributed by atoms with Gasteiger partial charge in [-0.05, 0) is 31.4 Å². The van der Waals surface area contributed by atoms with Gasteiger partial charge in [0.25, 0.3) is 0 Å². The molecule has 1 saturated carbocycles. The second-order valence-electron chi connectivity index (χ2n) is 5.82. The first-order valence-electron chi connectivity index (χ1n) is 7.31. The molecule has 3 rings (SSSR count). The number of fused-ring (bicyclic) bond motifs is 1. The van der Waals surface area contributed by atoms with Crippen molar-refractivity contribution in [3.63, 3.8) is 0 Å². The SMILES string of the molecule is CC(C)c1nc2nc(CN[C@H]3CCC[C@H]3O)ccc2o1. The van der Waals surface area contributed by atoms with Crippen molar-refractivity contribution < 1.29 is 9.52 Å². The van der Waals surface area contributed by atoms with Gasteiger partial charge >= 0.3 is 0 Å². The van der Waals surface area contributed by atoms with Crippen LogP contribution in [0.2, 0.25) is 0 Å². The highest BCUT2D eigenvalue weighted by Gasteiger charge is 2.24. The third-order valence-electron chi connectivity index (χ3n) is 3.85. The van der Waals surface area contributed by atoms with Crippen LogP contribution in [0.5, 0.6) is 0 Å². The standard InChI is InChI=1S/C15H21N3O2/c1-9(2)15-18-14-13(20-15)7-6-10(17-14)8-16-11-4-3-5-12(11)19/h6-7,9,11-12,16,19H,3-5,8H2,1-2H3/t11-,12+/m0/s1. The van der Waals surface area contributed by atoms with Gasteiger partial charge in [0.1, 0.15) is 0 Å². The Morgan fingerprint density at radius 3 is 2.90 bits per heavy atom. The second-order valence-corrected chi connectivity index (χ2v) is 5.82. The number of hydrogen-bond donors (Lipinski definition) is 2. The first-order chi connectivity index (χ1) is 9.63. The molecule has 2 aromatic rings. The van der Waals surface area contributed by atoms with E-state index in [0.717, 1.165) is 36.4 Å². The zero-order valence-corrected chi connectivity index (χ0v) is 12.0. The Labute approximate surface area is 118 Å². The molecule has 2 heterocycles. The van der Waals surface area contributed by atoms with Crippen LogP contribution >= 0.6 is 0 Å². The Morgan fingerprint density at radius 1 is 1.35 bits per heavy atom. The number of rotatable bonds is 4. The van der Waals surface area contributed by atoms with Gasteiger partial charge in [0.15, 0.2) is 17.1 Å². The molecule has 5 nitrogen and oxygen atoms in total. The summed E-state index contributed by atoms with van der Waals surface area (Å²) in [6.07, 6.45) is 2.79. The van der Waals surface area contributed by atoms with Crippen LogP contribution in [0.1, 0.15) is 50.6 Å². The Kier molecular flexibility index (Phi) is 3.72. The van der Waals surface area contributed by atoms with Crippen molar-refractivity contribution in [1.82, 2.24) is 15.3 Å². The minimum atomic E-state index is -0.224. The average molecular weight is 275 g/mol. The minimum absolute atomic E-state index is 0.191. The van der Waals surface area contributed by atoms with E-state index in [0.29, 0.717) is 12.2 Å². The molecule has 0 spiro atoms. The number of aromatic nitrogens is 2. The van der Waals surface area contributed by atoms with E-state index in [4.69, 9.17) is 4.42 Å². The van der Waals surface area contributed by atoms with E-state index >= 15 is 0 Å². The first kappa shape index (κ1) is 13.5. The minimum Gasteiger partial charge on any atom is -0.439 e. The fourth-order valence-electron chi connectivity index (χ4n) is 2.63. The molecule has 1 aliphatic rings. The topological polar surface area (TPSA) is 71.2 Å². The Hall–Kier alpha value is -1.46. The maximum Gasteiger partial charge on any atom is 0.199 e. The van der Waals surface area contributed by atoms with Gasteiger partial charge in [-0.15, -0.1) is 0 Å². The molecule has 108 valence electrons. The summed E-state index contributed by atoms with van der Waals surface area (Å²) in [6, 6.07) is 4.06. The van der Waals surface area contributed by atoms with E-state index in [9.17, 15) is 5.11 Å². The number of nitrogens with one attached hydrogen (secondary N) is 1. The molecule has 2 atom stereocenters. The van der Waals surface area contributed by atoms with Gasteiger partial charge in [0, 0.05) is 18.5 Å². The van der Waals surface area contributed by atoms with E-state index in [1.807, 2.05) is 12.1 Å². The summed E-state index contributed by atoms with van der Waals surface area (Å²) in [6.45, 7) is 4.75. The van der Waals surface area contributed by atoms with E-state index in [2.05, 4.69) is 29.1 Å². The van der Waals surface area contributed by atoms with Gasteiger partial charge in [0.2, 0.25) is 0 Å². The van der Waals surface area contributed by atoms with Gasteiger partial charge < -0.3 is 14.8 Å². The largest absolute Gasteiger partial charge is 0.439 e. The van der Waals surface area contributed by atoms with E-state index in [1.165, 1.54) is 0 Å². The van der Waals surface area contributed by atoms with Gasteiger partial charge in [-0.1, -0.05) is 13.8 Å². The third kappa shape index (κ3) is 2.69. The summed E-state index contributed by atoms with van der Waals surface area (Å²) in [5, 5.41) is 13.2. The van der Waals surface area contributed by atoms with Gasteiger partial charge in [-0.3, -0.25) is 0 Å². The summed E-state index contributed by atoms with van der Waals surface area (Å²) in [7, 11) is 0. The second kappa shape index (κ2) is 5.50. The van der Waals surface area contributed by atoms with Crippen LogP contribution in [-0.4, -0.2) is 27.2 Å². The van der Waals surface area contributed by atoms with E-state index in [-0.39, 0.29) is 18.1 Å². The van der Waals surface area contributed by atoms with Crippen molar-refractivity contribution in [2.45, 2.75) is 57.7 Å². The molecule has 0 aliphatic heterocycles. The molecule has 5 heteroatoms. The summed E-state index contributed by atoms with van der Waals surface area (Å²) < 4.78 is 5.65. The van der Waals surface area contributed by atoms with Crippen LogP contribution in [0.15, 0.2) is 16.5 Å².